The lowest BCUT2D eigenvalue weighted by Crippen LogP contribution is -2.32. The van der Waals surface area contributed by atoms with Gasteiger partial charge in [-0.1, -0.05) is 39.0 Å². The van der Waals surface area contributed by atoms with Crippen LogP contribution in [-0.4, -0.2) is 31.6 Å². The van der Waals surface area contributed by atoms with Crippen molar-refractivity contribution in [3.05, 3.63) is 53.2 Å². The summed E-state index contributed by atoms with van der Waals surface area (Å²) in [7, 11) is 0. The largest absolute Gasteiger partial charge is 0.293 e. The van der Waals surface area contributed by atoms with Crippen LogP contribution in [0.5, 0.6) is 0 Å². The third kappa shape index (κ3) is 2.80. The minimum absolute atomic E-state index is 0.000990. The number of aromatic amines is 1. The predicted molar refractivity (Wildman–Crippen MR) is 94.6 cm³/mol. The van der Waals surface area contributed by atoms with Crippen LogP contribution in [0.15, 0.2) is 30.5 Å². The first-order valence-corrected chi connectivity index (χ1v) is 8.50. The lowest BCUT2D eigenvalue weighted by atomic mass is 9.95. The molecular weight excluding hydrogens is 298 g/mol. The van der Waals surface area contributed by atoms with Gasteiger partial charge in [0.2, 0.25) is 0 Å². The van der Waals surface area contributed by atoms with E-state index in [0.717, 1.165) is 37.4 Å². The Kier molecular flexibility index (Phi) is 3.61. The number of nitrogens with one attached hydrogen (secondary N) is 1. The van der Waals surface area contributed by atoms with Crippen molar-refractivity contribution in [3.63, 3.8) is 0 Å². The molecule has 0 atom stereocenters. The number of hydrogen-bond acceptors (Lipinski definition) is 4. The number of fused-ring (bicyclic) bond motifs is 2. The summed E-state index contributed by atoms with van der Waals surface area (Å²) in [6.45, 7) is 9.27. The zero-order chi connectivity index (χ0) is 16.7. The molecule has 0 spiro atoms. The molecule has 1 aliphatic heterocycles. The Bertz CT molecular complexity index is 875. The van der Waals surface area contributed by atoms with Gasteiger partial charge in [-0.05, 0) is 6.07 Å². The maximum atomic E-state index is 4.81. The summed E-state index contributed by atoms with van der Waals surface area (Å²) in [6.07, 6.45) is 2.99. The SMILES string of the molecule is CC(C)(C)c1ncc2c(n1)CCN(Cc1[nH]nc3ccccc13)C2. The first-order chi connectivity index (χ1) is 11.5. The molecule has 0 amide bonds. The smallest absolute Gasteiger partial charge is 0.133 e. The Morgan fingerprint density at radius 2 is 2.04 bits per heavy atom. The normalized spacial score (nSPS) is 15.6. The zero-order valence-corrected chi connectivity index (χ0v) is 14.5. The second-order valence-electron chi connectivity index (χ2n) is 7.60. The molecule has 124 valence electrons. The van der Waals surface area contributed by atoms with E-state index in [0.29, 0.717) is 0 Å². The van der Waals surface area contributed by atoms with E-state index in [1.807, 2.05) is 18.3 Å². The van der Waals surface area contributed by atoms with E-state index < -0.39 is 0 Å². The molecule has 24 heavy (non-hydrogen) atoms. The van der Waals surface area contributed by atoms with Crippen molar-refractivity contribution in [2.75, 3.05) is 6.54 Å². The molecule has 2 aromatic heterocycles. The maximum Gasteiger partial charge on any atom is 0.133 e. The second kappa shape index (κ2) is 5.67. The van der Waals surface area contributed by atoms with Crippen LogP contribution in [0, 0.1) is 0 Å². The summed E-state index contributed by atoms with van der Waals surface area (Å²) in [4.78, 5) is 11.8. The Labute approximate surface area is 142 Å². The molecule has 5 heteroatoms. The number of para-hydroxylation sites is 1. The summed E-state index contributed by atoms with van der Waals surface area (Å²) in [5.74, 6) is 0.939. The number of aromatic nitrogens is 4. The van der Waals surface area contributed by atoms with Gasteiger partial charge in [-0.3, -0.25) is 10.00 Å². The first-order valence-electron chi connectivity index (χ1n) is 8.50. The van der Waals surface area contributed by atoms with Crippen molar-refractivity contribution in [2.24, 2.45) is 0 Å². The van der Waals surface area contributed by atoms with Gasteiger partial charge in [-0.2, -0.15) is 5.10 Å². The summed E-state index contributed by atoms with van der Waals surface area (Å²) in [5.41, 5.74) is 4.67. The topological polar surface area (TPSA) is 57.7 Å². The fourth-order valence-electron chi connectivity index (χ4n) is 3.23. The molecular formula is C19H23N5. The zero-order valence-electron chi connectivity index (χ0n) is 14.5. The van der Waals surface area contributed by atoms with Crippen LogP contribution in [0.4, 0.5) is 0 Å². The molecule has 3 aromatic rings. The molecule has 0 radical (unpaired) electrons. The average Bonchev–Trinajstić information content (AvgIpc) is 2.97. The number of H-pyrrole nitrogens is 1. The van der Waals surface area contributed by atoms with Gasteiger partial charge in [0.05, 0.1) is 11.2 Å². The highest BCUT2D eigenvalue weighted by Crippen LogP contribution is 2.24. The summed E-state index contributed by atoms with van der Waals surface area (Å²) in [5, 5.41) is 8.79. The van der Waals surface area contributed by atoms with Gasteiger partial charge in [0.1, 0.15) is 5.82 Å². The van der Waals surface area contributed by atoms with E-state index >= 15 is 0 Å². The molecule has 0 saturated carbocycles. The molecule has 5 nitrogen and oxygen atoms in total. The van der Waals surface area contributed by atoms with Crippen LogP contribution in [0.3, 0.4) is 0 Å². The van der Waals surface area contributed by atoms with E-state index in [9.17, 15) is 0 Å². The summed E-state index contributed by atoms with van der Waals surface area (Å²) in [6, 6.07) is 8.26. The van der Waals surface area contributed by atoms with Crippen LogP contribution < -0.4 is 0 Å². The molecule has 1 aliphatic rings. The van der Waals surface area contributed by atoms with Gasteiger partial charge in [-0.25, -0.2) is 9.97 Å². The van der Waals surface area contributed by atoms with Gasteiger partial charge < -0.3 is 0 Å². The molecule has 0 saturated heterocycles. The number of benzene rings is 1. The molecule has 0 fully saturated rings. The quantitative estimate of drug-likeness (QED) is 0.787. The highest BCUT2D eigenvalue weighted by Gasteiger charge is 2.23. The van der Waals surface area contributed by atoms with Crippen molar-refractivity contribution in [2.45, 2.75) is 45.7 Å². The van der Waals surface area contributed by atoms with Crippen LogP contribution >= 0.6 is 0 Å². The predicted octanol–water partition coefficient (Wildman–Crippen LogP) is 3.21. The van der Waals surface area contributed by atoms with E-state index in [1.54, 1.807) is 0 Å². The van der Waals surface area contributed by atoms with Crippen molar-refractivity contribution in [1.82, 2.24) is 25.1 Å². The molecule has 0 bridgehead atoms. The van der Waals surface area contributed by atoms with Crippen molar-refractivity contribution in [3.8, 4) is 0 Å². The van der Waals surface area contributed by atoms with Crippen LogP contribution in [0.25, 0.3) is 10.9 Å². The second-order valence-corrected chi connectivity index (χ2v) is 7.60. The highest BCUT2D eigenvalue weighted by molar-refractivity contribution is 5.81. The molecule has 1 aromatic carbocycles. The third-order valence-electron chi connectivity index (χ3n) is 4.61. The standard InChI is InChI=1S/C19H23N5/c1-19(2,3)18-20-10-13-11-24(9-8-15(13)21-18)12-17-14-6-4-5-7-16(14)22-23-17/h4-7,10H,8-9,11-12H2,1-3H3,(H,22,23). The Morgan fingerprint density at radius 1 is 1.21 bits per heavy atom. The van der Waals surface area contributed by atoms with E-state index in [1.165, 1.54) is 22.3 Å². The van der Waals surface area contributed by atoms with E-state index in [4.69, 9.17) is 4.98 Å². The minimum Gasteiger partial charge on any atom is -0.293 e. The molecule has 0 unspecified atom stereocenters. The van der Waals surface area contributed by atoms with Gasteiger partial charge >= 0.3 is 0 Å². The van der Waals surface area contributed by atoms with Crippen molar-refractivity contribution in [1.29, 1.82) is 0 Å². The highest BCUT2D eigenvalue weighted by atomic mass is 15.2. The van der Waals surface area contributed by atoms with E-state index in [-0.39, 0.29) is 5.41 Å². The fourth-order valence-corrected chi connectivity index (χ4v) is 3.23. The van der Waals surface area contributed by atoms with Crippen molar-refractivity contribution < 1.29 is 0 Å². The lowest BCUT2D eigenvalue weighted by Gasteiger charge is -2.28. The number of rotatable bonds is 2. The monoisotopic (exact) mass is 321 g/mol. The Balaban J connectivity index is 1.54. The minimum atomic E-state index is 0.000990. The van der Waals surface area contributed by atoms with Gasteiger partial charge in [0.15, 0.2) is 0 Å². The van der Waals surface area contributed by atoms with Crippen LogP contribution in [0.2, 0.25) is 0 Å². The first kappa shape index (κ1) is 15.3. The third-order valence-corrected chi connectivity index (χ3v) is 4.61. The summed E-state index contributed by atoms with van der Waals surface area (Å²) < 4.78 is 0. The van der Waals surface area contributed by atoms with Crippen LogP contribution in [0.1, 0.15) is 43.5 Å². The average molecular weight is 321 g/mol. The van der Waals surface area contributed by atoms with Crippen molar-refractivity contribution >= 4 is 10.9 Å². The molecule has 3 heterocycles. The van der Waals surface area contributed by atoms with Gasteiger partial charge in [0, 0.05) is 54.3 Å². The van der Waals surface area contributed by atoms with Crippen LogP contribution in [-0.2, 0) is 24.9 Å². The maximum absolute atomic E-state index is 4.81. The van der Waals surface area contributed by atoms with Gasteiger partial charge in [-0.15, -0.1) is 0 Å². The number of nitrogens with zero attached hydrogens (tertiary/aromatic N) is 4. The fraction of sp³-hybridized carbons (Fsp3) is 0.421. The Morgan fingerprint density at radius 3 is 2.88 bits per heavy atom. The summed E-state index contributed by atoms with van der Waals surface area (Å²) >= 11 is 0. The number of hydrogen-bond donors (Lipinski definition) is 1. The Hall–Kier alpha value is -2.27. The molecule has 1 N–H and O–H groups in total. The van der Waals surface area contributed by atoms with E-state index in [2.05, 4.69) is 53.0 Å². The molecule has 4 rings (SSSR count). The molecule has 0 aliphatic carbocycles. The van der Waals surface area contributed by atoms with Gasteiger partial charge in [0.25, 0.3) is 0 Å². The lowest BCUT2D eigenvalue weighted by molar-refractivity contribution is 0.240.